The van der Waals surface area contributed by atoms with Gasteiger partial charge in [-0.05, 0) is 43.2 Å². The lowest BCUT2D eigenvalue weighted by atomic mass is 9.90. The monoisotopic (exact) mass is 525 g/mol. The van der Waals surface area contributed by atoms with Crippen molar-refractivity contribution in [3.63, 3.8) is 0 Å². The molecule has 3 aromatic rings. The molecule has 2 atom stereocenters. The summed E-state index contributed by atoms with van der Waals surface area (Å²) in [5.74, 6) is 0.0491. The highest BCUT2D eigenvalue weighted by atomic mass is 32.2. The molecule has 6 N–H and O–H groups in total. The van der Waals surface area contributed by atoms with Crippen molar-refractivity contribution in [2.45, 2.75) is 31.1 Å². The fourth-order valence-corrected chi connectivity index (χ4v) is 6.31. The van der Waals surface area contributed by atoms with Crippen LogP contribution in [0.2, 0.25) is 0 Å². The van der Waals surface area contributed by atoms with Crippen LogP contribution in [0.15, 0.2) is 29.1 Å². The molecule has 1 aromatic carbocycles. The van der Waals surface area contributed by atoms with Gasteiger partial charge in [0.15, 0.2) is 15.7 Å². The molecule has 1 aliphatic rings. The van der Waals surface area contributed by atoms with Gasteiger partial charge in [0.2, 0.25) is 0 Å². The summed E-state index contributed by atoms with van der Waals surface area (Å²) in [5.41, 5.74) is 10.2. The van der Waals surface area contributed by atoms with Crippen molar-refractivity contribution in [3.8, 4) is 0 Å². The molecule has 0 aliphatic carbocycles. The van der Waals surface area contributed by atoms with E-state index in [0.29, 0.717) is 5.56 Å². The maximum absolute atomic E-state index is 13.3. The Morgan fingerprint density at radius 2 is 1.89 bits per heavy atom. The van der Waals surface area contributed by atoms with E-state index >= 15 is 0 Å². The Bertz CT molecular complexity index is 1520. The van der Waals surface area contributed by atoms with Gasteiger partial charge >= 0.3 is 6.18 Å². The number of fused-ring (bicyclic) bond motifs is 1. The summed E-state index contributed by atoms with van der Waals surface area (Å²) in [6.45, 7) is 1.62. The number of rotatable bonds is 5. The van der Waals surface area contributed by atoms with E-state index in [9.17, 15) is 26.4 Å². The molecule has 36 heavy (non-hydrogen) atoms. The van der Waals surface area contributed by atoms with Crippen LogP contribution < -0.4 is 27.7 Å². The highest BCUT2D eigenvalue weighted by molar-refractivity contribution is 7.91. The molecule has 10 nitrogen and oxygen atoms in total. The second-order valence-electron chi connectivity index (χ2n) is 9.06. The molecule has 4 rings (SSSR count). The van der Waals surface area contributed by atoms with Crippen LogP contribution in [-0.4, -0.2) is 41.7 Å². The number of aryl methyl sites for hydroxylation is 1. The van der Waals surface area contributed by atoms with Gasteiger partial charge < -0.3 is 22.1 Å². The average molecular weight is 526 g/mol. The van der Waals surface area contributed by atoms with Crippen molar-refractivity contribution >= 4 is 38.1 Å². The predicted octanol–water partition coefficient (Wildman–Crippen LogP) is 2.12. The normalized spacial score (nSPS) is 20.4. The van der Waals surface area contributed by atoms with Gasteiger partial charge in [-0.1, -0.05) is 0 Å². The number of sulfone groups is 1. The number of halogens is 3. The Balaban J connectivity index is 1.86. The third-order valence-electron chi connectivity index (χ3n) is 6.29. The number of nitrogens with two attached hydrogens (primary N) is 2. The molecule has 1 saturated heterocycles. The van der Waals surface area contributed by atoms with E-state index in [2.05, 4.69) is 20.7 Å². The summed E-state index contributed by atoms with van der Waals surface area (Å²) in [5, 5.41) is 10.4. The van der Waals surface area contributed by atoms with Gasteiger partial charge in [-0.25, -0.2) is 18.1 Å². The number of pyridine rings is 1. The van der Waals surface area contributed by atoms with Crippen LogP contribution in [0.5, 0.6) is 0 Å². The summed E-state index contributed by atoms with van der Waals surface area (Å²) in [6, 6.07) is 4.12. The van der Waals surface area contributed by atoms with E-state index < -0.39 is 38.7 Å². The lowest BCUT2D eigenvalue weighted by molar-refractivity contribution is -0.137. The molecule has 194 valence electrons. The van der Waals surface area contributed by atoms with Crippen LogP contribution in [-0.2, 0) is 28.6 Å². The van der Waals surface area contributed by atoms with Gasteiger partial charge in [0.1, 0.15) is 11.3 Å². The highest BCUT2D eigenvalue weighted by Gasteiger charge is 2.42. The number of nitrogens with one attached hydrogen (secondary N) is 2. The fourth-order valence-electron chi connectivity index (χ4n) is 4.40. The van der Waals surface area contributed by atoms with E-state index in [4.69, 9.17) is 11.5 Å². The topological polar surface area (TPSA) is 158 Å². The fraction of sp³-hybridized carbons (Fsp3) is 0.409. The third kappa shape index (κ3) is 4.69. The average Bonchev–Trinajstić information content (AvgIpc) is 3.08. The Hall–Kier alpha value is -3.39. The van der Waals surface area contributed by atoms with Gasteiger partial charge in [0.25, 0.3) is 5.56 Å². The molecule has 1 aliphatic heterocycles. The summed E-state index contributed by atoms with van der Waals surface area (Å²) < 4.78 is 65.3. The Kier molecular flexibility index (Phi) is 6.15. The van der Waals surface area contributed by atoms with Gasteiger partial charge in [-0.15, -0.1) is 0 Å². The Morgan fingerprint density at radius 3 is 2.47 bits per heavy atom. The summed E-state index contributed by atoms with van der Waals surface area (Å²) in [4.78, 5) is 17.3. The first-order valence-corrected chi connectivity index (χ1v) is 12.8. The number of hydrogen-bond acceptors (Lipinski definition) is 9. The summed E-state index contributed by atoms with van der Waals surface area (Å²) >= 11 is 0. The quantitative estimate of drug-likeness (QED) is 0.366. The molecular formula is C22H26F3N7O3S. The second kappa shape index (κ2) is 8.62. The van der Waals surface area contributed by atoms with E-state index in [-0.39, 0.29) is 51.7 Å². The molecule has 14 heteroatoms. The molecule has 0 bridgehead atoms. The number of hydrogen-bond donors (Lipinski definition) is 4. The van der Waals surface area contributed by atoms with Gasteiger partial charge in [-0.3, -0.25) is 4.79 Å². The van der Waals surface area contributed by atoms with Crippen LogP contribution in [0.25, 0.3) is 10.9 Å². The number of benzene rings is 1. The van der Waals surface area contributed by atoms with E-state index in [1.807, 2.05) is 0 Å². The van der Waals surface area contributed by atoms with Crippen molar-refractivity contribution in [1.82, 2.24) is 14.8 Å². The number of nitrogens with zero attached hydrogens (tertiary/aromatic N) is 3. The standard InChI is InChI=1S/C22H26F3N7O3S/c1-11(12-6-13(22(23,24)25)8-14(26)7-12)29-18-15-9-16(21(27)4-5-36(34,35)10-21)19(28-2)30-17(15)20(33)32(3)31-18/h6-9,11H,4-5,10,26-27H2,1-3H3,(H,28,30)(H,29,31)/t11-,21?/m1/s1. The van der Waals surface area contributed by atoms with Gasteiger partial charge in [0.05, 0.1) is 34.0 Å². The minimum Gasteiger partial charge on any atom is -0.399 e. The molecule has 0 spiro atoms. The lowest BCUT2D eigenvalue weighted by Gasteiger charge is -2.26. The van der Waals surface area contributed by atoms with Crippen LogP contribution in [0.4, 0.5) is 30.5 Å². The van der Waals surface area contributed by atoms with Gasteiger partial charge in [-0.2, -0.15) is 18.3 Å². The SMILES string of the molecule is CNc1nc2c(=O)n(C)nc(N[C@H](C)c3cc(N)cc(C(F)(F)F)c3)c2cc1C1(N)CCS(=O)(=O)C1. The second-order valence-corrected chi connectivity index (χ2v) is 11.2. The zero-order valence-corrected chi connectivity index (χ0v) is 20.6. The first kappa shape index (κ1) is 25.7. The van der Waals surface area contributed by atoms with E-state index in [0.717, 1.165) is 16.8 Å². The maximum atomic E-state index is 13.3. The molecule has 1 unspecified atom stereocenters. The van der Waals surface area contributed by atoms with Crippen LogP contribution in [0.3, 0.4) is 0 Å². The van der Waals surface area contributed by atoms with E-state index in [1.54, 1.807) is 20.0 Å². The zero-order chi connectivity index (χ0) is 26.6. The first-order valence-electron chi connectivity index (χ1n) is 11.0. The molecule has 0 radical (unpaired) electrons. The molecular weight excluding hydrogens is 499 g/mol. The molecule has 1 fully saturated rings. The molecule has 0 saturated carbocycles. The number of anilines is 3. The minimum absolute atomic E-state index is 0.0308. The largest absolute Gasteiger partial charge is 0.416 e. The summed E-state index contributed by atoms with van der Waals surface area (Å²) in [6.07, 6.45) is -4.41. The number of nitrogen functional groups attached to an aromatic ring is 1. The van der Waals surface area contributed by atoms with Crippen molar-refractivity contribution in [2.75, 3.05) is 34.9 Å². The van der Waals surface area contributed by atoms with Crippen LogP contribution >= 0.6 is 0 Å². The predicted molar refractivity (Wildman–Crippen MR) is 131 cm³/mol. The molecule has 0 amide bonds. The van der Waals surface area contributed by atoms with Crippen molar-refractivity contribution < 1.29 is 21.6 Å². The minimum atomic E-state index is -4.58. The van der Waals surface area contributed by atoms with Crippen molar-refractivity contribution in [2.24, 2.45) is 12.8 Å². The smallest absolute Gasteiger partial charge is 0.399 e. The number of aromatic nitrogens is 3. The highest BCUT2D eigenvalue weighted by Crippen LogP contribution is 2.38. The Labute approximate surface area is 204 Å². The first-order chi connectivity index (χ1) is 16.6. The third-order valence-corrected chi connectivity index (χ3v) is 8.07. The maximum Gasteiger partial charge on any atom is 0.416 e. The van der Waals surface area contributed by atoms with E-state index in [1.165, 1.54) is 13.1 Å². The summed E-state index contributed by atoms with van der Waals surface area (Å²) in [7, 11) is -0.364. The van der Waals surface area contributed by atoms with Crippen LogP contribution in [0.1, 0.15) is 36.1 Å². The number of alkyl halides is 3. The Morgan fingerprint density at radius 1 is 1.19 bits per heavy atom. The van der Waals surface area contributed by atoms with Gasteiger partial charge in [0, 0.05) is 25.3 Å². The van der Waals surface area contributed by atoms with Crippen molar-refractivity contribution in [1.29, 1.82) is 0 Å². The van der Waals surface area contributed by atoms with Crippen molar-refractivity contribution in [3.05, 3.63) is 51.3 Å². The molecule has 3 heterocycles. The van der Waals surface area contributed by atoms with Crippen LogP contribution in [0, 0.1) is 0 Å². The zero-order valence-electron chi connectivity index (χ0n) is 19.8. The lowest BCUT2D eigenvalue weighted by Crippen LogP contribution is -2.39. The molecule has 2 aromatic heterocycles.